The zero-order valence-corrected chi connectivity index (χ0v) is 12.6. The Hall–Kier alpha value is -0.420. The molecule has 0 saturated heterocycles. The summed E-state index contributed by atoms with van der Waals surface area (Å²) in [4.78, 5) is 0. The van der Waals surface area contributed by atoms with Gasteiger partial charge in [-0.2, -0.15) is 21.6 Å². The maximum absolute atomic E-state index is 11.3. The molecule has 0 radical (unpaired) electrons. The van der Waals surface area contributed by atoms with Gasteiger partial charge in [0.2, 0.25) is 0 Å². The van der Waals surface area contributed by atoms with Crippen molar-refractivity contribution >= 4 is 66.4 Å². The van der Waals surface area contributed by atoms with E-state index in [2.05, 4.69) is 28.8 Å². The van der Waals surface area contributed by atoms with Crippen LogP contribution in [0.1, 0.15) is 0 Å². The zero-order chi connectivity index (χ0) is 15.7. The summed E-state index contributed by atoms with van der Waals surface area (Å²) in [7, 11) is -8.84. The Labute approximate surface area is 122 Å². The Morgan fingerprint density at radius 3 is 1.68 bits per heavy atom. The summed E-state index contributed by atoms with van der Waals surface area (Å²) in [5.41, 5.74) is -5.38. The molecule has 0 unspecified atom stereocenters. The molecule has 0 heterocycles. The highest BCUT2D eigenvalue weighted by Crippen LogP contribution is 2.23. The average Bonchev–Trinajstić information content (AvgIpc) is 2.15. The first-order chi connectivity index (χ1) is 8.43. The number of halogens is 4. The SMILES string of the molecule is O=S(=O)(CCCl)N=C=S.O=S(=O)(N=C=S)C(F)(F)F. The first-order valence-electron chi connectivity index (χ1n) is 3.71. The Bertz CT molecular complexity index is 586. The van der Waals surface area contributed by atoms with Crippen LogP contribution < -0.4 is 0 Å². The molecule has 0 N–H and O–H groups in total. The third-order valence-corrected chi connectivity index (χ3v) is 3.79. The fraction of sp³-hybridized carbons (Fsp3) is 0.600. The number of isothiocyanates is 2. The first kappa shape index (κ1) is 20.9. The Kier molecular flexibility index (Phi) is 9.56. The second-order valence-corrected chi connectivity index (χ2v) is 6.35. The third-order valence-electron chi connectivity index (χ3n) is 0.961. The van der Waals surface area contributed by atoms with Gasteiger partial charge in [0.15, 0.2) is 0 Å². The number of rotatable bonds is 4. The fourth-order valence-electron chi connectivity index (χ4n) is 0.301. The molecule has 0 bridgehead atoms. The molecule has 0 aliphatic rings. The highest BCUT2D eigenvalue weighted by molar-refractivity contribution is 7.91. The van der Waals surface area contributed by atoms with Crippen LogP contribution in [0.15, 0.2) is 8.80 Å². The summed E-state index contributed by atoms with van der Waals surface area (Å²) in [6.45, 7) is 0. The summed E-state index contributed by atoms with van der Waals surface area (Å²) >= 11 is 12.9. The van der Waals surface area contributed by atoms with Gasteiger partial charge in [-0.15, -0.1) is 16.0 Å². The van der Waals surface area contributed by atoms with E-state index in [4.69, 9.17) is 11.6 Å². The summed E-state index contributed by atoms with van der Waals surface area (Å²) in [5.74, 6) is -0.152. The molecule has 19 heavy (non-hydrogen) atoms. The lowest BCUT2D eigenvalue weighted by molar-refractivity contribution is -0.0434. The van der Waals surface area contributed by atoms with E-state index in [0.717, 1.165) is 5.16 Å². The van der Waals surface area contributed by atoms with Crippen LogP contribution in [0, 0.1) is 0 Å². The number of hydrogen-bond donors (Lipinski definition) is 0. The molecule has 0 atom stereocenters. The van der Waals surface area contributed by atoms with Gasteiger partial charge in [0.1, 0.15) is 0 Å². The van der Waals surface area contributed by atoms with Gasteiger partial charge in [0.25, 0.3) is 10.0 Å². The fourth-order valence-corrected chi connectivity index (χ4v) is 2.12. The van der Waals surface area contributed by atoms with E-state index in [1.165, 1.54) is 0 Å². The quantitative estimate of drug-likeness (QED) is 0.420. The van der Waals surface area contributed by atoms with Crippen LogP contribution >= 0.6 is 36.0 Å². The van der Waals surface area contributed by atoms with E-state index in [1.54, 1.807) is 5.16 Å². The maximum Gasteiger partial charge on any atom is 0.519 e. The van der Waals surface area contributed by atoms with Crippen LogP contribution in [0.2, 0.25) is 0 Å². The Morgan fingerprint density at radius 2 is 1.47 bits per heavy atom. The molecule has 0 saturated carbocycles. The molecular formula is C5H4ClF3N2O4S4. The van der Waals surface area contributed by atoms with E-state index >= 15 is 0 Å². The smallest absolute Gasteiger partial charge is 0.204 e. The predicted molar refractivity (Wildman–Crippen MR) is 69.5 cm³/mol. The average molecular weight is 377 g/mol. The van der Waals surface area contributed by atoms with Crippen LogP contribution in [0.5, 0.6) is 0 Å². The number of sulfonamides is 2. The lowest BCUT2D eigenvalue weighted by atomic mass is 11.0. The summed E-state index contributed by atoms with van der Waals surface area (Å²) in [5, 5.41) is 2.87. The lowest BCUT2D eigenvalue weighted by Crippen LogP contribution is -2.20. The van der Waals surface area contributed by atoms with E-state index in [-0.39, 0.29) is 11.6 Å². The van der Waals surface area contributed by atoms with Crippen molar-refractivity contribution in [2.24, 2.45) is 8.80 Å². The second kappa shape index (κ2) is 8.69. The molecule has 0 aliphatic carbocycles. The molecule has 0 spiro atoms. The minimum absolute atomic E-state index is 0.0306. The molecule has 0 rings (SSSR count). The van der Waals surface area contributed by atoms with Gasteiger partial charge >= 0.3 is 15.5 Å². The molecule has 110 valence electrons. The number of thiocarbonyl (C=S) groups is 2. The van der Waals surface area contributed by atoms with Crippen molar-refractivity contribution in [2.45, 2.75) is 5.51 Å². The van der Waals surface area contributed by atoms with Crippen LogP contribution in [-0.4, -0.2) is 44.3 Å². The molecule has 0 amide bonds. The third kappa shape index (κ3) is 10.1. The number of alkyl halides is 4. The topological polar surface area (TPSA) is 93.0 Å². The molecule has 0 aromatic heterocycles. The van der Waals surface area contributed by atoms with E-state index in [0.29, 0.717) is 0 Å². The maximum atomic E-state index is 11.3. The van der Waals surface area contributed by atoms with Crippen molar-refractivity contribution in [1.29, 1.82) is 0 Å². The van der Waals surface area contributed by atoms with Gasteiger partial charge in [0.05, 0.1) is 16.1 Å². The Morgan fingerprint density at radius 1 is 1.05 bits per heavy atom. The van der Waals surface area contributed by atoms with E-state index < -0.39 is 25.6 Å². The molecule has 0 aromatic carbocycles. The Balaban J connectivity index is 0. The van der Waals surface area contributed by atoms with Gasteiger partial charge in [0, 0.05) is 5.88 Å². The summed E-state index contributed by atoms with van der Waals surface area (Å²) in [6.07, 6.45) is 0. The highest BCUT2D eigenvalue weighted by atomic mass is 35.5. The minimum atomic E-state index is -5.44. The predicted octanol–water partition coefficient (Wildman–Crippen LogP) is 1.60. The van der Waals surface area contributed by atoms with Crippen LogP contribution in [-0.2, 0) is 20.0 Å². The second-order valence-electron chi connectivity index (χ2n) is 2.26. The zero-order valence-electron chi connectivity index (χ0n) is 8.59. The van der Waals surface area contributed by atoms with Gasteiger partial charge in [-0.1, -0.05) is 4.40 Å². The van der Waals surface area contributed by atoms with Crippen molar-refractivity contribution in [3.63, 3.8) is 0 Å². The van der Waals surface area contributed by atoms with Crippen LogP contribution in [0.3, 0.4) is 0 Å². The van der Waals surface area contributed by atoms with E-state index in [9.17, 15) is 30.0 Å². The van der Waals surface area contributed by atoms with E-state index in [1.807, 2.05) is 4.40 Å². The molecule has 0 aromatic rings. The van der Waals surface area contributed by atoms with Gasteiger partial charge in [-0.25, -0.2) is 8.42 Å². The van der Waals surface area contributed by atoms with Crippen LogP contribution in [0.25, 0.3) is 0 Å². The normalized spacial score (nSPS) is 11.4. The standard InChI is InChI=1S/C3H4ClNO2S2.C2F3NO2S2/c4-1-2-9(6,7)5-3-8;3-2(4,5)10(7,8)6-1-9/h1-2H2;. The van der Waals surface area contributed by atoms with Gasteiger partial charge in [-0.05, 0) is 24.4 Å². The first-order valence-corrected chi connectivity index (χ1v) is 8.11. The highest BCUT2D eigenvalue weighted by Gasteiger charge is 2.45. The van der Waals surface area contributed by atoms with Crippen molar-refractivity contribution in [3.05, 3.63) is 0 Å². The molecule has 14 heteroatoms. The molecule has 6 nitrogen and oxygen atoms in total. The number of hydrogen-bond acceptors (Lipinski definition) is 6. The minimum Gasteiger partial charge on any atom is -0.204 e. The lowest BCUT2D eigenvalue weighted by Gasteiger charge is -1.98. The van der Waals surface area contributed by atoms with Crippen molar-refractivity contribution < 1.29 is 30.0 Å². The molecule has 0 aliphatic heterocycles. The van der Waals surface area contributed by atoms with Gasteiger partial charge in [-0.3, -0.25) is 0 Å². The molecule has 0 fully saturated rings. The largest absolute Gasteiger partial charge is 0.519 e. The molecular weight excluding hydrogens is 373 g/mol. The number of nitrogens with zero attached hydrogens (tertiary/aromatic N) is 2. The van der Waals surface area contributed by atoms with Crippen molar-refractivity contribution in [1.82, 2.24) is 0 Å². The van der Waals surface area contributed by atoms with Crippen LogP contribution in [0.4, 0.5) is 13.2 Å². The monoisotopic (exact) mass is 376 g/mol. The summed E-state index contributed by atoms with van der Waals surface area (Å²) < 4.78 is 79.2. The van der Waals surface area contributed by atoms with Crippen molar-refractivity contribution in [2.75, 3.05) is 11.6 Å². The van der Waals surface area contributed by atoms with Gasteiger partial charge < -0.3 is 0 Å². The summed E-state index contributed by atoms with van der Waals surface area (Å²) in [6, 6.07) is 0. The van der Waals surface area contributed by atoms with Crippen molar-refractivity contribution in [3.8, 4) is 0 Å².